The van der Waals surface area contributed by atoms with E-state index in [-0.39, 0.29) is 0 Å². The Bertz CT molecular complexity index is 1180. The summed E-state index contributed by atoms with van der Waals surface area (Å²) in [5.41, 5.74) is 3.32. The molecule has 2 aromatic carbocycles. The summed E-state index contributed by atoms with van der Waals surface area (Å²) in [5.74, 6) is 1.55. The average molecular weight is 448 g/mol. The van der Waals surface area contributed by atoms with Gasteiger partial charge in [0.25, 0.3) is 0 Å². The van der Waals surface area contributed by atoms with Gasteiger partial charge in [-0.1, -0.05) is 54.1 Å². The van der Waals surface area contributed by atoms with Gasteiger partial charge in [0.05, 0.1) is 11.6 Å². The first kappa shape index (κ1) is 20.7. The number of benzene rings is 2. The summed E-state index contributed by atoms with van der Waals surface area (Å²) in [6, 6.07) is 18.5. The molecule has 0 saturated carbocycles. The molecule has 0 radical (unpaired) electrons. The zero-order valence-corrected chi connectivity index (χ0v) is 18.8. The lowest BCUT2D eigenvalue weighted by Crippen LogP contribution is -2.46. The summed E-state index contributed by atoms with van der Waals surface area (Å²) in [5, 5.41) is 9.53. The number of aromatic nitrogens is 4. The second-order valence-corrected chi connectivity index (χ2v) is 8.54. The van der Waals surface area contributed by atoms with Crippen molar-refractivity contribution < 1.29 is 0 Å². The van der Waals surface area contributed by atoms with E-state index < -0.39 is 0 Å². The Morgan fingerprint density at radius 2 is 1.66 bits per heavy atom. The first-order valence-electron chi connectivity index (χ1n) is 10.8. The van der Waals surface area contributed by atoms with E-state index in [2.05, 4.69) is 50.5 Å². The van der Waals surface area contributed by atoms with Crippen molar-refractivity contribution in [3.8, 4) is 0 Å². The molecule has 1 fully saturated rings. The van der Waals surface area contributed by atoms with Crippen LogP contribution in [0.3, 0.4) is 0 Å². The largest absolute Gasteiger partial charge is 0.365 e. The molecule has 4 aromatic rings. The van der Waals surface area contributed by atoms with Gasteiger partial charge in [0.1, 0.15) is 5.82 Å². The number of piperazine rings is 1. The summed E-state index contributed by atoms with van der Waals surface area (Å²) in [6.07, 6.45) is 1.82. The number of fused-ring (bicyclic) bond motifs is 1. The van der Waals surface area contributed by atoms with Gasteiger partial charge >= 0.3 is 0 Å². The van der Waals surface area contributed by atoms with Crippen LogP contribution in [0.2, 0.25) is 5.02 Å². The number of aryl methyl sites for hydroxylation is 1. The number of nitrogens with zero attached hydrogens (tertiary/aromatic N) is 6. The van der Waals surface area contributed by atoms with Crippen molar-refractivity contribution in [1.82, 2.24) is 24.6 Å². The van der Waals surface area contributed by atoms with Crippen LogP contribution in [0, 0.1) is 0 Å². The normalized spacial score (nSPS) is 14.8. The molecule has 0 unspecified atom stereocenters. The summed E-state index contributed by atoms with van der Waals surface area (Å²) < 4.78 is 1.81. The van der Waals surface area contributed by atoms with E-state index >= 15 is 0 Å². The predicted molar refractivity (Wildman–Crippen MR) is 129 cm³/mol. The molecule has 0 amide bonds. The van der Waals surface area contributed by atoms with Gasteiger partial charge in [-0.2, -0.15) is 15.1 Å². The third kappa shape index (κ3) is 4.54. The molecular weight excluding hydrogens is 422 g/mol. The summed E-state index contributed by atoms with van der Waals surface area (Å²) >= 11 is 6.01. The first-order valence-corrected chi connectivity index (χ1v) is 11.2. The lowest BCUT2D eigenvalue weighted by atomic mass is 10.2. The summed E-state index contributed by atoms with van der Waals surface area (Å²) in [7, 11) is 1.92. The average Bonchev–Trinajstić information content (AvgIpc) is 3.20. The van der Waals surface area contributed by atoms with E-state index in [9.17, 15) is 0 Å². The van der Waals surface area contributed by atoms with Crippen molar-refractivity contribution in [1.29, 1.82) is 0 Å². The highest BCUT2D eigenvalue weighted by atomic mass is 35.5. The second kappa shape index (κ2) is 9.14. The zero-order valence-electron chi connectivity index (χ0n) is 18.1. The third-order valence-corrected chi connectivity index (χ3v) is 6.11. The molecule has 5 rings (SSSR count). The lowest BCUT2D eigenvalue weighted by Gasteiger charge is -2.34. The number of rotatable bonds is 6. The minimum absolute atomic E-state index is 0.655. The molecule has 3 heterocycles. The van der Waals surface area contributed by atoms with E-state index in [0.717, 1.165) is 66.1 Å². The van der Waals surface area contributed by atoms with Crippen LogP contribution in [0.25, 0.3) is 11.0 Å². The Balaban J connectivity index is 1.32. The smallest absolute Gasteiger partial charge is 0.229 e. The van der Waals surface area contributed by atoms with Gasteiger partial charge in [-0.25, -0.2) is 0 Å². The molecule has 2 aromatic heterocycles. The topological polar surface area (TPSA) is 62.1 Å². The maximum atomic E-state index is 6.01. The molecular formula is C24H26ClN7. The molecule has 1 aliphatic rings. The first-order chi connectivity index (χ1) is 15.7. The molecule has 0 bridgehead atoms. The second-order valence-electron chi connectivity index (χ2n) is 8.11. The van der Waals surface area contributed by atoms with Gasteiger partial charge in [-0.15, -0.1) is 0 Å². The molecule has 1 aliphatic heterocycles. The van der Waals surface area contributed by atoms with Crippen molar-refractivity contribution in [2.24, 2.45) is 7.05 Å². The van der Waals surface area contributed by atoms with Gasteiger partial charge < -0.3 is 10.2 Å². The number of hydrogen-bond donors (Lipinski definition) is 1. The lowest BCUT2D eigenvalue weighted by molar-refractivity contribution is 0.249. The maximum absolute atomic E-state index is 6.01. The quantitative estimate of drug-likeness (QED) is 0.483. The molecule has 8 heteroatoms. The van der Waals surface area contributed by atoms with E-state index in [4.69, 9.17) is 21.6 Å². The van der Waals surface area contributed by atoms with Crippen molar-refractivity contribution in [3.05, 3.63) is 76.9 Å². The maximum Gasteiger partial charge on any atom is 0.229 e. The van der Waals surface area contributed by atoms with Crippen LogP contribution in [0.4, 0.5) is 11.8 Å². The van der Waals surface area contributed by atoms with Crippen LogP contribution in [0.5, 0.6) is 0 Å². The van der Waals surface area contributed by atoms with Crippen molar-refractivity contribution in [3.63, 3.8) is 0 Å². The standard InChI is InChI=1S/C24H26ClN7/c1-30-23-21(16-27-30)22(26-15-18-7-9-20(25)10-8-18)28-24(29-23)32-13-11-31(12-14-32)17-19-5-3-2-4-6-19/h2-10,16H,11-15,17H2,1H3,(H,26,28,29). The minimum Gasteiger partial charge on any atom is -0.365 e. The van der Waals surface area contributed by atoms with Crippen LogP contribution in [0.1, 0.15) is 11.1 Å². The Labute approximate surface area is 192 Å². The van der Waals surface area contributed by atoms with Crippen molar-refractivity contribution in [2.45, 2.75) is 13.1 Å². The van der Waals surface area contributed by atoms with Crippen molar-refractivity contribution in [2.75, 3.05) is 36.4 Å². The van der Waals surface area contributed by atoms with E-state index in [1.54, 1.807) is 4.68 Å². The monoisotopic (exact) mass is 447 g/mol. The minimum atomic E-state index is 0.655. The Morgan fingerprint density at radius 3 is 2.41 bits per heavy atom. The molecule has 0 atom stereocenters. The van der Waals surface area contributed by atoms with Crippen LogP contribution < -0.4 is 10.2 Å². The highest BCUT2D eigenvalue weighted by Crippen LogP contribution is 2.24. The SMILES string of the molecule is Cn1ncc2c(NCc3ccc(Cl)cc3)nc(N3CCN(Cc4ccccc4)CC3)nc21. The molecule has 0 aliphatic carbocycles. The van der Waals surface area contributed by atoms with Crippen LogP contribution in [0.15, 0.2) is 60.8 Å². The van der Waals surface area contributed by atoms with Gasteiger partial charge in [0.2, 0.25) is 5.95 Å². The summed E-state index contributed by atoms with van der Waals surface area (Å²) in [6.45, 7) is 5.39. The van der Waals surface area contributed by atoms with E-state index in [0.29, 0.717) is 6.54 Å². The van der Waals surface area contributed by atoms with Gasteiger partial charge in [-0.05, 0) is 23.3 Å². The van der Waals surface area contributed by atoms with E-state index in [1.807, 2.05) is 37.5 Å². The molecule has 7 nitrogen and oxygen atoms in total. The Hall–Kier alpha value is -3.16. The van der Waals surface area contributed by atoms with Gasteiger partial charge in [0.15, 0.2) is 5.65 Å². The van der Waals surface area contributed by atoms with Crippen LogP contribution >= 0.6 is 11.6 Å². The molecule has 1 saturated heterocycles. The highest BCUT2D eigenvalue weighted by Gasteiger charge is 2.21. The van der Waals surface area contributed by atoms with Crippen LogP contribution in [-0.2, 0) is 20.1 Å². The van der Waals surface area contributed by atoms with Crippen molar-refractivity contribution >= 4 is 34.4 Å². The van der Waals surface area contributed by atoms with Gasteiger partial charge in [0, 0.05) is 51.3 Å². The molecule has 32 heavy (non-hydrogen) atoms. The molecule has 1 N–H and O–H groups in total. The number of hydrogen-bond acceptors (Lipinski definition) is 6. The van der Waals surface area contributed by atoms with Crippen LogP contribution in [-0.4, -0.2) is 50.8 Å². The zero-order chi connectivity index (χ0) is 21.9. The van der Waals surface area contributed by atoms with Gasteiger partial charge in [-0.3, -0.25) is 9.58 Å². The Kier molecular flexibility index (Phi) is 5.92. The number of anilines is 2. The highest BCUT2D eigenvalue weighted by molar-refractivity contribution is 6.30. The third-order valence-electron chi connectivity index (χ3n) is 5.86. The molecule has 164 valence electrons. The molecule has 0 spiro atoms. The predicted octanol–water partition coefficient (Wildman–Crippen LogP) is 3.95. The van der Waals surface area contributed by atoms with E-state index in [1.165, 1.54) is 5.56 Å². The number of nitrogens with one attached hydrogen (secondary N) is 1. The summed E-state index contributed by atoms with van der Waals surface area (Å²) in [4.78, 5) is 14.5. The number of halogens is 1. The fraction of sp³-hybridized carbons (Fsp3) is 0.292. The Morgan fingerprint density at radius 1 is 0.906 bits per heavy atom. The fourth-order valence-corrected chi connectivity index (χ4v) is 4.15. The fourth-order valence-electron chi connectivity index (χ4n) is 4.02.